The summed E-state index contributed by atoms with van der Waals surface area (Å²) in [5, 5.41) is 13.1. The molecule has 0 saturated carbocycles. The molecular weight excluding hydrogens is 516 g/mol. The van der Waals surface area contributed by atoms with Crippen molar-refractivity contribution in [2.45, 2.75) is 18.2 Å². The lowest BCUT2D eigenvalue weighted by Gasteiger charge is -2.16. The molecule has 4 rings (SSSR count). The van der Waals surface area contributed by atoms with E-state index >= 15 is 0 Å². The number of rotatable bonds is 9. The Balaban J connectivity index is 1.51. The van der Waals surface area contributed by atoms with Crippen LogP contribution in [0.4, 0.5) is 0 Å². The van der Waals surface area contributed by atoms with Gasteiger partial charge in [-0.1, -0.05) is 53.0 Å². The lowest BCUT2D eigenvalue weighted by Crippen LogP contribution is -2.42. The molecule has 0 aliphatic heterocycles. The molecular formula is C27H22ClN2O6S-. The molecule has 8 nitrogen and oxygen atoms in total. The Labute approximate surface area is 220 Å². The third kappa shape index (κ3) is 6.51. The van der Waals surface area contributed by atoms with Gasteiger partial charge in [-0.15, -0.1) is 0 Å². The normalized spacial score (nSPS) is 12.6. The van der Waals surface area contributed by atoms with Crippen LogP contribution in [0.15, 0.2) is 72.8 Å². The third-order valence-corrected chi connectivity index (χ3v) is 6.61. The number of fused-ring (bicyclic) bond motifs is 1. The van der Waals surface area contributed by atoms with Crippen molar-refractivity contribution >= 4 is 45.5 Å². The number of aliphatic carboxylic acids is 1. The molecule has 0 saturated heterocycles. The van der Waals surface area contributed by atoms with E-state index in [1.807, 2.05) is 48.5 Å². The van der Waals surface area contributed by atoms with Crippen LogP contribution in [-0.4, -0.2) is 43.9 Å². The lowest BCUT2D eigenvalue weighted by atomic mass is 10.0. The lowest BCUT2D eigenvalue weighted by molar-refractivity contribution is -0.139. The second kappa shape index (κ2) is 11.5. The van der Waals surface area contributed by atoms with Gasteiger partial charge in [0.05, 0.1) is 28.9 Å². The summed E-state index contributed by atoms with van der Waals surface area (Å²) in [7, 11) is 1.60. The number of hydrogen-bond donors (Lipinski definition) is 2. The number of benzene rings is 3. The van der Waals surface area contributed by atoms with E-state index in [-0.39, 0.29) is 22.8 Å². The fourth-order valence-corrected chi connectivity index (χ4v) is 4.63. The topological polar surface area (TPSA) is 129 Å². The standard InChI is InChI=1S/C27H23ClN2O6S/c1-36-20-4-2-3-18(14-20)24-10-7-19-11-16(6-9-23(19)29-24)13-25(27(32)33)30-26(31)21-8-5-17(12-22(21)28)15-37(34)35/h2-12,14,25H,13,15H2,1H3,(H,30,31)(H,32,33)(H,34,35)/p-1. The van der Waals surface area contributed by atoms with Gasteiger partial charge in [0.1, 0.15) is 11.8 Å². The average molecular weight is 538 g/mol. The first-order chi connectivity index (χ1) is 17.7. The fraction of sp³-hybridized carbons (Fsp3) is 0.148. The minimum atomic E-state index is -2.30. The molecule has 0 spiro atoms. The van der Waals surface area contributed by atoms with Gasteiger partial charge in [0.25, 0.3) is 5.91 Å². The van der Waals surface area contributed by atoms with Crippen LogP contribution < -0.4 is 10.1 Å². The van der Waals surface area contributed by atoms with Gasteiger partial charge in [-0.25, -0.2) is 9.78 Å². The first-order valence-corrected chi connectivity index (χ1v) is 12.8. The summed E-state index contributed by atoms with van der Waals surface area (Å²) in [6.45, 7) is 0. The van der Waals surface area contributed by atoms with Crippen molar-refractivity contribution in [3.63, 3.8) is 0 Å². The number of halogens is 1. The van der Waals surface area contributed by atoms with Gasteiger partial charge in [-0.05, 0) is 53.6 Å². The van der Waals surface area contributed by atoms with E-state index < -0.39 is 29.0 Å². The molecule has 0 aliphatic rings. The minimum Gasteiger partial charge on any atom is -0.772 e. The second-order valence-corrected chi connectivity index (χ2v) is 9.59. The van der Waals surface area contributed by atoms with Crippen molar-refractivity contribution in [2.24, 2.45) is 0 Å². The van der Waals surface area contributed by atoms with Crippen LogP contribution in [0.5, 0.6) is 5.75 Å². The highest BCUT2D eigenvalue weighted by Crippen LogP contribution is 2.25. The molecule has 190 valence electrons. The number of carbonyl (C=O) groups is 2. The molecule has 2 unspecified atom stereocenters. The Hall–Kier alpha value is -3.79. The number of carboxylic acids is 1. The maximum atomic E-state index is 12.7. The number of carboxylic acid groups (broad SMARTS) is 1. The summed E-state index contributed by atoms with van der Waals surface area (Å²) >= 11 is 3.85. The first-order valence-electron chi connectivity index (χ1n) is 11.2. The first kappa shape index (κ1) is 26.3. The monoisotopic (exact) mass is 537 g/mol. The summed E-state index contributed by atoms with van der Waals surface area (Å²) in [6, 6.07) is 19.8. The zero-order chi connectivity index (χ0) is 26.5. The van der Waals surface area contributed by atoms with Gasteiger partial charge in [0, 0.05) is 23.1 Å². The predicted octanol–water partition coefficient (Wildman–Crippen LogP) is 4.37. The molecule has 37 heavy (non-hydrogen) atoms. The smallest absolute Gasteiger partial charge is 0.326 e. The van der Waals surface area contributed by atoms with Gasteiger partial charge in [-0.2, -0.15) is 0 Å². The maximum Gasteiger partial charge on any atom is 0.326 e. The molecule has 0 bridgehead atoms. The number of pyridine rings is 1. The molecule has 2 atom stereocenters. The quantitative estimate of drug-likeness (QED) is 0.303. The average Bonchev–Trinajstić information content (AvgIpc) is 2.87. The molecule has 0 fully saturated rings. The Morgan fingerprint density at radius 2 is 1.86 bits per heavy atom. The van der Waals surface area contributed by atoms with Crippen molar-refractivity contribution < 1.29 is 28.2 Å². The van der Waals surface area contributed by atoms with Crippen LogP contribution >= 0.6 is 11.6 Å². The number of nitrogens with zero attached hydrogens (tertiary/aromatic N) is 1. The SMILES string of the molecule is COc1cccc(-c2ccc3cc(CC(NC(=O)c4ccc(CS(=O)[O-])cc4Cl)C(=O)O)ccc3n2)c1. The number of aromatic nitrogens is 1. The predicted molar refractivity (Wildman–Crippen MR) is 140 cm³/mol. The fourth-order valence-electron chi connectivity index (χ4n) is 3.89. The molecule has 1 amide bonds. The Morgan fingerprint density at radius 3 is 2.57 bits per heavy atom. The van der Waals surface area contributed by atoms with Crippen LogP contribution in [0.25, 0.3) is 22.2 Å². The number of amides is 1. The van der Waals surface area contributed by atoms with Crippen LogP contribution in [0.1, 0.15) is 21.5 Å². The molecule has 1 heterocycles. The van der Waals surface area contributed by atoms with E-state index in [1.165, 1.54) is 18.2 Å². The maximum absolute atomic E-state index is 12.7. The van der Waals surface area contributed by atoms with Crippen molar-refractivity contribution in [3.8, 4) is 17.0 Å². The number of nitrogens with one attached hydrogen (secondary N) is 1. The van der Waals surface area contributed by atoms with Crippen molar-refractivity contribution in [2.75, 3.05) is 7.11 Å². The summed E-state index contributed by atoms with van der Waals surface area (Å²) < 4.78 is 27.0. The molecule has 0 radical (unpaired) electrons. The summed E-state index contributed by atoms with van der Waals surface area (Å²) in [6.07, 6.45) is 0.0412. The van der Waals surface area contributed by atoms with Crippen molar-refractivity contribution in [1.82, 2.24) is 10.3 Å². The van der Waals surface area contributed by atoms with Gasteiger partial charge < -0.3 is 19.7 Å². The second-order valence-electron chi connectivity index (χ2n) is 8.29. The largest absolute Gasteiger partial charge is 0.772 e. The highest BCUT2D eigenvalue weighted by Gasteiger charge is 2.23. The molecule has 3 aromatic carbocycles. The Morgan fingerprint density at radius 1 is 1.08 bits per heavy atom. The number of carbonyl (C=O) groups excluding carboxylic acids is 1. The molecule has 1 aromatic heterocycles. The van der Waals surface area contributed by atoms with Gasteiger partial charge in [0.15, 0.2) is 0 Å². The van der Waals surface area contributed by atoms with E-state index in [0.717, 1.165) is 27.9 Å². The van der Waals surface area contributed by atoms with Crippen LogP contribution in [-0.2, 0) is 28.0 Å². The van der Waals surface area contributed by atoms with Crippen LogP contribution in [0.3, 0.4) is 0 Å². The molecule has 4 aromatic rings. The van der Waals surface area contributed by atoms with Crippen molar-refractivity contribution in [3.05, 3.63) is 94.5 Å². The summed E-state index contributed by atoms with van der Waals surface area (Å²) in [5.41, 5.74) is 3.61. The van der Waals surface area contributed by atoms with Gasteiger partial charge in [-0.3, -0.25) is 9.00 Å². The Kier molecular flexibility index (Phi) is 8.17. The summed E-state index contributed by atoms with van der Waals surface area (Å²) in [4.78, 5) is 29.3. The van der Waals surface area contributed by atoms with Crippen molar-refractivity contribution in [1.29, 1.82) is 0 Å². The highest BCUT2D eigenvalue weighted by molar-refractivity contribution is 7.78. The third-order valence-electron chi connectivity index (χ3n) is 5.72. The van der Waals surface area contributed by atoms with E-state index in [0.29, 0.717) is 11.1 Å². The number of methoxy groups -OCH3 is 1. The van der Waals surface area contributed by atoms with E-state index in [9.17, 15) is 23.5 Å². The molecule has 2 N–H and O–H groups in total. The number of ether oxygens (including phenoxy) is 1. The van der Waals surface area contributed by atoms with E-state index in [4.69, 9.17) is 21.3 Å². The number of hydrogen-bond acceptors (Lipinski definition) is 6. The van der Waals surface area contributed by atoms with Crippen LogP contribution in [0, 0.1) is 0 Å². The highest BCUT2D eigenvalue weighted by atomic mass is 35.5. The van der Waals surface area contributed by atoms with E-state index in [2.05, 4.69) is 5.32 Å². The van der Waals surface area contributed by atoms with Crippen LogP contribution in [0.2, 0.25) is 5.02 Å². The molecule has 10 heteroatoms. The Bertz CT molecular complexity index is 1510. The van der Waals surface area contributed by atoms with Gasteiger partial charge in [0.2, 0.25) is 0 Å². The summed E-state index contributed by atoms with van der Waals surface area (Å²) in [5.74, 6) is -1.38. The molecule has 0 aliphatic carbocycles. The van der Waals surface area contributed by atoms with Gasteiger partial charge >= 0.3 is 5.97 Å². The van der Waals surface area contributed by atoms with E-state index in [1.54, 1.807) is 13.2 Å². The zero-order valence-electron chi connectivity index (χ0n) is 19.6. The zero-order valence-corrected chi connectivity index (χ0v) is 21.2. The minimum absolute atomic E-state index is 0.0354.